The monoisotopic (exact) mass is 234 g/mol. The number of aliphatic hydroxyl groups excluding tert-OH is 1. The fraction of sp³-hybridized carbons (Fsp3) is 0.600. The standard InChI is InChI=1S/C15H22O2/c1-10-5-6-14(17-4)12(9-10)15(3)8-7-13(16)11(15)2/h5-6,9,11,13,16H,7-8H2,1-4H3/t11-,13-,15-/m1/s1. The van der Waals surface area contributed by atoms with Crippen LogP contribution in [0, 0.1) is 12.8 Å². The highest BCUT2D eigenvalue weighted by Gasteiger charge is 2.44. The fourth-order valence-electron chi connectivity index (χ4n) is 3.00. The van der Waals surface area contributed by atoms with Crippen molar-refractivity contribution in [1.82, 2.24) is 0 Å². The van der Waals surface area contributed by atoms with Crippen molar-refractivity contribution in [3.05, 3.63) is 29.3 Å². The highest BCUT2D eigenvalue weighted by molar-refractivity contribution is 5.43. The Balaban J connectivity index is 2.49. The first kappa shape index (κ1) is 12.4. The molecule has 17 heavy (non-hydrogen) atoms. The average molecular weight is 234 g/mol. The first-order chi connectivity index (χ1) is 7.99. The van der Waals surface area contributed by atoms with Crippen molar-refractivity contribution >= 4 is 0 Å². The van der Waals surface area contributed by atoms with Crippen LogP contribution in [0.3, 0.4) is 0 Å². The van der Waals surface area contributed by atoms with Gasteiger partial charge in [-0.3, -0.25) is 0 Å². The lowest BCUT2D eigenvalue weighted by atomic mass is 9.73. The summed E-state index contributed by atoms with van der Waals surface area (Å²) < 4.78 is 5.48. The molecule has 2 nitrogen and oxygen atoms in total. The minimum atomic E-state index is -0.190. The van der Waals surface area contributed by atoms with E-state index in [1.165, 1.54) is 11.1 Å². The molecule has 1 aromatic rings. The summed E-state index contributed by atoms with van der Waals surface area (Å²) in [5.74, 6) is 1.22. The molecule has 1 aliphatic carbocycles. The average Bonchev–Trinajstić information content (AvgIpc) is 2.58. The predicted octanol–water partition coefficient (Wildman–Crippen LogP) is 3.05. The Hall–Kier alpha value is -1.02. The van der Waals surface area contributed by atoms with Gasteiger partial charge in [0.15, 0.2) is 0 Å². The molecule has 0 aromatic heterocycles. The first-order valence-electron chi connectivity index (χ1n) is 6.32. The number of hydrogen-bond donors (Lipinski definition) is 1. The number of rotatable bonds is 2. The summed E-state index contributed by atoms with van der Waals surface area (Å²) in [4.78, 5) is 0. The van der Waals surface area contributed by atoms with Gasteiger partial charge in [-0.1, -0.05) is 31.5 Å². The Morgan fingerprint density at radius 1 is 1.41 bits per heavy atom. The molecular formula is C15H22O2. The van der Waals surface area contributed by atoms with Gasteiger partial charge in [-0.25, -0.2) is 0 Å². The number of ether oxygens (including phenoxy) is 1. The first-order valence-corrected chi connectivity index (χ1v) is 6.32. The van der Waals surface area contributed by atoms with Gasteiger partial charge in [0.05, 0.1) is 13.2 Å². The zero-order valence-electron chi connectivity index (χ0n) is 11.2. The van der Waals surface area contributed by atoms with Gasteiger partial charge in [-0.15, -0.1) is 0 Å². The second-order valence-corrected chi connectivity index (χ2v) is 5.52. The van der Waals surface area contributed by atoms with Gasteiger partial charge in [-0.2, -0.15) is 0 Å². The summed E-state index contributed by atoms with van der Waals surface area (Å²) in [6.07, 6.45) is 1.72. The van der Waals surface area contributed by atoms with Gasteiger partial charge in [0, 0.05) is 11.0 Å². The van der Waals surface area contributed by atoms with Crippen molar-refractivity contribution in [2.24, 2.45) is 5.92 Å². The van der Waals surface area contributed by atoms with Crippen LogP contribution in [0.5, 0.6) is 5.75 Å². The Morgan fingerprint density at radius 2 is 2.12 bits per heavy atom. The molecule has 2 rings (SSSR count). The fourth-order valence-corrected chi connectivity index (χ4v) is 3.00. The Bertz CT molecular complexity index is 413. The van der Waals surface area contributed by atoms with Gasteiger partial charge >= 0.3 is 0 Å². The molecule has 0 bridgehead atoms. The topological polar surface area (TPSA) is 29.5 Å². The van der Waals surface area contributed by atoms with E-state index in [4.69, 9.17) is 4.74 Å². The number of benzene rings is 1. The molecule has 1 N–H and O–H groups in total. The van der Waals surface area contributed by atoms with Crippen molar-refractivity contribution in [1.29, 1.82) is 0 Å². The van der Waals surface area contributed by atoms with E-state index >= 15 is 0 Å². The second kappa shape index (κ2) is 4.34. The summed E-state index contributed by atoms with van der Waals surface area (Å²) in [6.45, 7) is 6.48. The second-order valence-electron chi connectivity index (χ2n) is 5.52. The molecule has 0 heterocycles. The third-order valence-corrected chi connectivity index (χ3v) is 4.51. The number of aryl methyl sites for hydroxylation is 1. The van der Waals surface area contributed by atoms with Crippen LogP contribution in [0.25, 0.3) is 0 Å². The number of methoxy groups -OCH3 is 1. The predicted molar refractivity (Wildman–Crippen MR) is 69.5 cm³/mol. The summed E-state index contributed by atoms with van der Waals surface area (Å²) in [7, 11) is 1.72. The van der Waals surface area contributed by atoms with E-state index in [0.29, 0.717) is 0 Å². The molecule has 1 saturated carbocycles. The SMILES string of the molecule is COc1ccc(C)cc1[C@]1(C)CC[C@@H](O)[C@H]1C. The lowest BCUT2D eigenvalue weighted by molar-refractivity contribution is 0.121. The van der Waals surface area contributed by atoms with Crippen LogP contribution in [0.15, 0.2) is 18.2 Å². The van der Waals surface area contributed by atoms with Crippen molar-refractivity contribution < 1.29 is 9.84 Å². The molecule has 1 fully saturated rings. The van der Waals surface area contributed by atoms with Gasteiger partial charge in [0.1, 0.15) is 5.75 Å². The number of aliphatic hydroxyl groups is 1. The van der Waals surface area contributed by atoms with Crippen molar-refractivity contribution in [2.45, 2.75) is 45.1 Å². The Labute approximate surface area is 104 Å². The number of hydrogen-bond acceptors (Lipinski definition) is 2. The lowest BCUT2D eigenvalue weighted by Crippen LogP contribution is -2.30. The normalized spacial score (nSPS) is 32.8. The van der Waals surface area contributed by atoms with E-state index in [-0.39, 0.29) is 17.4 Å². The van der Waals surface area contributed by atoms with Crippen LogP contribution >= 0.6 is 0 Å². The lowest BCUT2D eigenvalue weighted by Gasteiger charge is -2.32. The zero-order valence-corrected chi connectivity index (χ0v) is 11.2. The molecule has 0 unspecified atom stereocenters. The third kappa shape index (κ3) is 1.95. The Kier molecular flexibility index (Phi) is 3.17. The van der Waals surface area contributed by atoms with Crippen molar-refractivity contribution in [2.75, 3.05) is 7.11 Å². The molecule has 1 aliphatic rings. The molecular weight excluding hydrogens is 212 g/mol. The van der Waals surface area contributed by atoms with Crippen LogP contribution in [-0.2, 0) is 5.41 Å². The Morgan fingerprint density at radius 3 is 2.65 bits per heavy atom. The summed E-state index contributed by atoms with van der Waals surface area (Å²) in [5, 5.41) is 9.99. The van der Waals surface area contributed by atoms with Gasteiger partial charge in [0.25, 0.3) is 0 Å². The third-order valence-electron chi connectivity index (χ3n) is 4.51. The van der Waals surface area contributed by atoms with Gasteiger partial charge < -0.3 is 9.84 Å². The van der Waals surface area contributed by atoms with E-state index in [9.17, 15) is 5.11 Å². The molecule has 94 valence electrons. The van der Waals surface area contributed by atoms with Crippen LogP contribution in [0.2, 0.25) is 0 Å². The summed E-state index contributed by atoms with van der Waals surface area (Å²) in [6, 6.07) is 6.31. The maximum Gasteiger partial charge on any atom is 0.122 e. The van der Waals surface area contributed by atoms with Crippen LogP contribution in [0.1, 0.15) is 37.8 Å². The van der Waals surface area contributed by atoms with Crippen LogP contribution in [-0.4, -0.2) is 18.3 Å². The molecule has 3 atom stereocenters. The van der Waals surface area contributed by atoms with Crippen molar-refractivity contribution in [3.63, 3.8) is 0 Å². The van der Waals surface area contributed by atoms with E-state index in [0.717, 1.165) is 18.6 Å². The van der Waals surface area contributed by atoms with E-state index in [1.54, 1.807) is 7.11 Å². The molecule has 0 radical (unpaired) electrons. The maximum absolute atomic E-state index is 9.99. The summed E-state index contributed by atoms with van der Waals surface area (Å²) >= 11 is 0. The molecule has 0 spiro atoms. The molecule has 2 heteroatoms. The van der Waals surface area contributed by atoms with Crippen LogP contribution < -0.4 is 4.74 Å². The van der Waals surface area contributed by atoms with Crippen LogP contribution in [0.4, 0.5) is 0 Å². The van der Waals surface area contributed by atoms with E-state index in [2.05, 4.69) is 32.9 Å². The quantitative estimate of drug-likeness (QED) is 0.852. The highest BCUT2D eigenvalue weighted by atomic mass is 16.5. The zero-order chi connectivity index (χ0) is 12.6. The molecule has 0 amide bonds. The van der Waals surface area contributed by atoms with Gasteiger partial charge in [-0.05, 0) is 31.7 Å². The summed E-state index contributed by atoms with van der Waals surface area (Å²) in [5.41, 5.74) is 2.51. The van der Waals surface area contributed by atoms with Gasteiger partial charge in [0.2, 0.25) is 0 Å². The van der Waals surface area contributed by atoms with E-state index < -0.39 is 0 Å². The van der Waals surface area contributed by atoms with Crippen molar-refractivity contribution in [3.8, 4) is 5.75 Å². The minimum Gasteiger partial charge on any atom is -0.496 e. The maximum atomic E-state index is 9.99. The minimum absolute atomic E-state index is 0.0246. The molecule has 0 aliphatic heterocycles. The largest absolute Gasteiger partial charge is 0.496 e. The highest BCUT2D eigenvalue weighted by Crippen LogP contribution is 2.48. The van der Waals surface area contributed by atoms with E-state index in [1.807, 2.05) is 6.07 Å². The smallest absolute Gasteiger partial charge is 0.122 e. The molecule has 1 aromatic carbocycles. The molecule has 0 saturated heterocycles.